The van der Waals surface area contributed by atoms with Crippen molar-refractivity contribution in [3.63, 3.8) is 0 Å². The molecule has 0 aliphatic carbocycles. The number of nitrogens with zero attached hydrogens (tertiary/aromatic N) is 5. The topological polar surface area (TPSA) is 37.2 Å². The molecule has 0 bridgehead atoms. The lowest BCUT2D eigenvalue weighted by molar-refractivity contribution is 0.380. The first-order valence-corrected chi connectivity index (χ1v) is 21.6. The molecule has 71 heavy (non-hydrogen) atoms. The van der Waals surface area contributed by atoms with Gasteiger partial charge in [0.05, 0.1) is 46.5 Å². The Balaban J connectivity index is 1.05. The summed E-state index contributed by atoms with van der Waals surface area (Å²) in [7, 11) is 0. The Morgan fingerprint density at radius 1 is 0.282 bits per heavy atom. The molecule has 0 unspecified atom stereocenters. The molecular weight excluding hydrogens is 933 g/mol. The van der Waals surface area contributed by atoms with Crippen molar-refractivity contribution in [3.8, 4) is 50.7 Å². The summed E-state index contributed by atoms with van der Waals surface area (Å²) in [5, 5.41) is 0. The van der Waals surface area contributed by atoms with Gasteiger partial charge in [0.15, 0.2) is 46.5 Å². The van der Waals surface area contributed by atoms with Crippen molar-refractivity contribution >= 4 is 34.1 Å². The van der Waals surface area contributed by atoms with E-state index in [1.165, 1.54) is 48.8 Å². The molecule has 0 saturated heterocycles. The van der Waals surface area contributed by atoms with Gasteiger partial charge in [0, 0.05) is 28.2 Å². The number of rotatable bonds is 11. The van der Waals surface area contributed by atoms with Gasteiger partial charge in [-0.3, -0.25) is 9.97 Å². The van der Waals surface area contributed by atoms with Gasteiger partial charge in [-0.15, -0.1) is 0 Å². The summed E-state index contributed by atoms with van der Waals surface area (Å²) in [5.41, 5.74) is 2.86. The van der Waals surface area contributed by atoms with Crippen LogP contribution in [0.4, 0.5) is 78.0 Å². The van der Waals surface area contributed by atoms with E-state index in [4.69, 9.17) is 0 Å². The molecule has 10 rings (SSSR count). The Morgan fingerprint density at radius 2 is 0.592 bits per heavy atom. The van der Waals surface area contributed by atoms with Crippen LogP contribution >= 0.6 is 0 Å². The lowest BCUT2D eigenvalue weighted by Gasteiger charge is -2.27. The lowest BCUT2D eigenvalue weighted by atomic mass is 10.1. The van der Waals surface area contributed by atoms with Crippen LogP contribution in [-0.2, 0) is 0 Å². The van der Waals surface area contributed by atoms with Crippen LogP contribution in [0.3, 0.4) is 0 Å². The van der Waals surface area contributed by atoms with E-state index in [-0.39, 0.29) is 22.7 Å². The molecule has 10 aromatic rings. The summed E-state index contributed by atoms with van der Waals surface area (Å²) in [6, 6.07) is 48.7. The van der Waals surface area contributed by atoms with E-state index >= 15 is 17.6 Å². The zero-order valence-electron chi connectivity index (χ0n) is 36.4. The molecule has 0 atom stereocenters. The van der Waals surface area contributed by atoms with E-state index in [2.05, 4.69) is 9.97 Å². The highest BCUT2D eigenvalue weighted by Gasteiger charge is 2.33. The summed E-state index contributed by atoms with van der Waals surface area (Å²) >= 11 is 0. The monoisotopic (exact) mass is 963 g/mol. The van der Waals surface area contributed by atoms with Crippen molar-refractivity contribution in [1.82, 2.24) is 14.5 Å². The Kier molecular flexibility index (Phi) is 12.1. The van der Waals surface area contributed by atoms with Crippen LogP contribution in [0.25, 0.3) is 50.7 Å². The predicted octanol–water partition coefficient (Wildman–Crippen LogP) is 16.3. The van der Waals surface area contributed by atoms with Crippen LogP contribution in [-0.4, -0.2) is 14.5 Å². The minimum atomic E-state index is -2.31. The van der Waals surface area contributed by atoms with Gasteiger partial charge in [0.25, 0.3) is 0 Å². The molecule has 15 heteroatoms. The van der Waals surface area contributed by atoms with Gasteiger partial charge in [-0.1, -0.05) is 103 Å². The molecule has 0 amide bonds. The Bertz CT molecular complexity index is 3280. The standard InChI is InChI=1S/C56H31F10N5/c57-45-47(59)51(63)55(52(64)48(45)60)69(39-24-26-41(67-30-39)32-10-4-1-5-11-32)37-20-16-34(17-21-37)43-28-29-44(71(43)36-14-8-3-9-15-36)35-18-22-38(23-19-35)70(56-53(65)49(61)46(58)50(62)54(56)66)40-25-27-42(68-31-40)33-12-6-2-7-13-33/h1-31H. The SMILES string of the molecule is Fc1c(F)c(F)c(N(c2ccc(-c3ccc(-c4ccc(N(c5ccc(-c6ccccc6)nc5)c5c(F)c(F)c(F)c(F)c5F)cc4)n3-c3ccccc3)cc2)c2ccc(-c3ccccc3)nc2)c(F)c1F. The maximum Gasteiger partial charge on any atom is 0.200 e. The minimum Gasteiger partial charge on any atom is -0.309 e. The van der Waals surface area contributed by atoms with Crippen molar-refractivity contribution in [2.45, 2.75) is 0 Å². The first-order chi connectivity index (χ1) is 34.4. The third kappa shape index (κ3) is 8.30. The maximum absolute atomic E-state index is 15.6. The highest BCUT2D eigenvalue weighted by molar-refractivity contribution is 5.83. The highest BCUT2D eigenvalue weighted by atomic mass is 19.2. The zero-order chi connectivity index (χ0) is 49.5. The molecule has 3 heterocycles. The molecule has 0 fully saturated rings. The van der Waals surface area contributed by atoms with Crippen LogP contribution in [0, 0.1) is 58.2 Å². The van der Waals surface area contributed by atoms with Crippen molar-refractivity contribution in [3.05, 3.63) is 246 Å². The molecule has 350 valence electrons. The number of para-hydroxylation sites is 1. The molecule has 0 aliphatic rings. The number of pyridine rings is 2. The number of anilines is 6. The Labute approximate surface area is 398 Å². The number of halogens is 10. The molecular formula is C56H31F10N5. The highest BCUT2D eigenvalue weighted by Crippen LogP contribution is 2.44. The molecule has 0 spiro atoms. The van der Waals surface area contributed by atoms with Gasteiger partial charge in [-0.05, 0) is 83.9 Å². The fourth-order valence-corrected chi connectivity index (χ4v) is 8.29. The normalized spacial score (nSPS) is 11.2. The largest absolute Gasteiger partial charge is 0.309 e. The van der Waals surface area contributed by atoms with Gasteiger partial charge < -0.3 is 14.4 Å². The van der Waals surface area contributed by atoms with E-state index in [1.54, 1.807) is 115 Å². The summed E-state index contributed by atoms with van der Waals surface area (Å²) in [5.74, 6) is -21.4. The second kappa shape index (κ2) is 18.8. The van der Waals surface area contributed by atoms with Crippen molar-refractivity contribution in [1.29, 1.82) is 0 Å². The summed E-state index contributed by atoms with van der Waals surface area (Å²) in [4.78, 5) is 10.6. The molecule has 0 aliphatic heterocycles. The number of aromatic nitrogens is 3. The van der Waals surface area contributed by atoms with E-state index in [0.29, 0.717) is 39.6 Å². The van der Waals surface area contributed by atoms with E-state index in [9.17, 15) is 26.3 Å². The van der Waals surface area contributed by atoms with Crippen LogP contribution in [0.1, 0.15) is 0 Å². The smallest absolute Gasteiger partial charge is 0.200 e. The van der Waals surface area contributed by atoms with Gasteiger partial charge >= 0.3 is 0 Å². The maximum atomic E-state index is 15.6. The molecule has 0 saturated carbocycles. The summed E-state index contributed by atoms with van der Waals surface area (Å²) < 4.78 is 152. The molecule has 0 radical (unpaired) electrons. The van der Waals surface area contributed by atoms with Gasteiger partial charge in [-0.25, -0.2) is 43.9 Å². The second-order valence-corrected chi connectivity index (χ2v) is 15.9. The molecule has 5 nitrogen and oxygen atoms in total. The third-order valence-electron chi connectivity index (χ3n) is 11.7. The predicted molar refractivity (Wildman–Crippen MR) is 252 cm³/mol. The van der Waals surface area contributed by atoms with Gasteiger partial charge in [0.2, 0.25) is 11.6 Å². The van der Waals surface area contributed by atoms with Crippen LogP contribution in [0.5, 0.6) is 0 Å². The van der Waals surface area contributed by atoms with Crippen LogP contribution in [0.2, 0.25) is 0 Å². The first-order valence-electron chi connectivity index (χ1n) is 21.6. The molecule has 0 N–H and O–H groups in total. The summed E-state index contributed by atoms with van der Waals surface area (Å²) in [6.07, 6.45) is 2.51. The van der Waals surface area contributed by atoms with Crippen LogP contribution < -0.4 is 9.80 Å². The fraction of sp³-hybridized carbons (Fsp3) is 0. The zero-order valence-corrected chi connectivity index (χ0v) is 36.4. The number of hydrogen-bond acceptors (Lipinski definition) is 4. The third-order valence-corrected chi connectivity index (χ3v) is 11.7. The number of hydrogen-bond donors (Lipinski definition) is 0. The van der Waals surface area contributed by atoms with E-state index in [1.807, 2.05) is 28.8 Å². The Hall–Kier alpha value is -8.98. The average molecular weight is 964 g/mol. The van der Waals surface area contributed by atoms with Gasteiger partial charge in [0.1, 0.15) is 11.4 Å². The minimum absolute atomic E-state index is 0.0155. The van der Waals surface area contributed by atoms with Crippen molar-refractivity contribution in [2.24, 2.45) is 0 Å². The first kappa shape index (κ1) is 45.8. The quantitative estimate of drug-likeness (QED) is 0.0735. The average Bonchev–Trinajstić information content (AvgIpc) is 3.87. The second-order valence-electron chi connectivity index (χ2n) is 15.9. The van der Waals surface area contributed by atoms with E-state index in [0.717, 1.165) is 20.9 Å². The van der Waals surface area contributed by atoms with E-state index < -0.39 is 69.5 Å². The fourth-order valence-electron chi connectivity index (χ4n) is 8.29. The van der Waals surface area contributed by atoms with Crippen molar-refractivity contribution in [2.75, 3.05) is 9.80 Å². The Morgan fingerprint density at radius 3 is 0.915 bits per heavy atom. The van der Waals surface area contributed by atoms with Gasteiger partial charge in [-0.2, -0.15) is 0 Å². The number of benzene rings is 7. The van der Waals surface area contributed by atoms with Crippen molar-refractivity contribution < 1.29 is 43.9 Å². The van der Waals surface area contributed by atoms with Crippen LogP contribution in [0.15, 0.2) is 188 Å². The molecule has 3 aromatic heterocycles. The lowest BCUT2D eigenvalue weighted by Crippen LogP contribution is -2.17. The summed E-state index contributed by atoms with van der Waals surface area (Å²) in [6.45, 7) is 0. The molecule has 7 aromatic carbocycles.